The van der Waals surface area contributed by atoms with E-state index in [4.69, 9.17) is 4.52 Å². The first-order valence-electron chi connectivity index (χ1n) is 9.40. The van der Waals surface area contributed by atoms with E-state index in [-0.39, 0.29) is 24.2 Å². The van der Waals surface area contributed by atoms with E-state index in [1.54, 1.807) is 6.92 Å². The van der Waals surface area contributed by atoms with E-state index in [1.807, 2.05) is 0 Å². The van der Waals surface area contributed by atoms with Gasteiger partial charge in [0, 0.05) is 25.8 Å². The quantitative estimate of drug-likeness (QED) is 0.768. The van der Waals surface area contributed by atoms with Crippen LogP contribution in [0, 0.1) is 18.8 Å². The lowest BCUT2D eigenvalue weighted by Crippen LogP contribution is -2.47. The molecule has 0 unspecified atom stereocenters. The van der Waals surface area contributed by atoms with E-state index in [0.29, 0.717) is 24.2 Å². The lowest BCUT2D eigenvalue weighted by Gasteiger charge is -2.30. The van der Waals surface area contributed by atoms with Crippen molar-refractivity contribution in [3.63, 3.8) is 0 Å². The van der Waals surface area contributed by atoms with Crippen molar-refractivity contribution in [2.24, 2.45) is 11.8 Å². The van der Waals surface area contributed by atoms with Crippen molar-refractivity contribution in [2.45, 2.75) is 70.8 Å². The number of hydrogen-bond acceptors (Lipinski definition) is 5. The van der Waals surface area contributed by atoms with Crippen molar-refractivity contribution >= 4 is 11.8 Å². The van der Waals surface area contributed by atoms with Crippen LogP contribution in [0.4, 0.5) is 0 Å². The predicted octanol–water partition coefficient (Wildman–Crippen LogP) is 2.21. The Kier molecular flexibility index (Phi) is 5.39. The molecule has 0 saturated heterocycles. The van der Waals surface area contributed by atoms with E-state index >= 15 is 0 Å². The van der Waals surface area contributed by atoms with Gasteiger partial charge in [-0.2, -0.15) is 4.98 Å². The summed E-state index contributed by atoms with van der Waals surface area (Å²) in [4.78, 5) is 28.7. The van der Waals surface area contributed by atoms with Crippen molar-refractivity contribution in [1.29, 1.82) is 0 Å². The third-order valence-electron chi connectivity index (χ3n) is 5.39. The molecule has 0 bridgehead atoms. The number of amides is 2. The average Bonchev–Trinajstić information content (AvgIpc) is 3.22. The smallest absolute Gasteiger partial charge is 0.223 e. The van der Waals surface area contributed by atoms with Crippen LogP contribution in [-0.4, -0.2) is 28.5 Å². The molecule has 7 nitrogen and oxygen atoms in total. The summed E-state index contributed by atoms with van der Waals surface area (Å²) in [6, 6.07) is 0. The minimum atomic E-state index is -0.541. The molecule has 0 aromatic carbocycles. The molecule has 2 aliphatic carbocycles. The maximum atomic E-state index is 12.5. The SMILES string of the molecule is Cc1nc(C2(NC(=O)CCNC(=O)[C@@H]3C[C@H]3C)CCCCCC2)no1. The predicted molar refractivity (Wildman–Crippen MR) is 91.5 cm³/mol. The first-order chi connectivity index (χ1) is 12.0. The summed E-state index contributed by atoms with van der Waals surface area (Å²) in [5.74, 6) is 1.70. The molecule has 1 aromatic heterocycles. The fourth-order valence-corrected chi connectivity index (χ4v) is 3.68. The number of rotatable bonds is 6. The molecule has 2 fully saturated rings. The lowest BCUT2D eigenvalue weighted by atomic mass is 9.89. The standard InChI is InChI=1S/C18H28N4O3/c1-12-11-14(12)16(24)19-10-7-15(23)21-18(8-5-3-4-6-9-18)17-20-13(2)25-22-17/h12,14H,3-11H2,1-2H3,(H,19,24)(H,21,23)/t12-,14-/m1/s1. The highest BCUT2D eigenvalue weighted by Crippen LogP contribution is 2.37. The second-order valence-electron chi connectivity index (χ2n) is 7.54. The Hall–Kier alpha value is -1.92. The molecule has 138 valence electrons. The van der Waals surface area contributed by atoms with Gasteiger partial charge in [0.25, 0.3) is 0 Å². The van der Waals surface area contributed by atoms with E-state index in [2.05, 4.69) is 27.7 Å². The Morgan fingerprint density at radius 1 is 1.24 bits per heavy atom. The first kappa shape index (κ1) is 17.9. The Balaban J connectivity index is 1.57. The van der Waals surface area contributed by atoms with Crippen LogP contribution in [0.3, 0.4) is 0 Å². The summed E-state index contributed by atoms with van der Waals surface area (Å²) in [6.45, 7) is 4.20. The topological polar surface area (TPSA) is 97.1 Å². The second kappa shape index (κ2) is 7.54. The van der Waals surface area contributed by atoms with Crippen molar-refractivity contribution in [2.75, 3.05) is 6.54 Å². The Morgan fingerprint density at radius 3 is 2.48 bits per heavy atom. The van der Waals surface area contributed by atoms with Crippen LogP contribution in [0.25, 0.3) is 0 Å². The molecule has 2 amide bonds. The summed E-state index contributed by atoms with van der Waals surface area (Å²) in [6.07, 6.45) is 7.25. The fourth-order valence-electron chi connectivity index (χ4n) is 3.68. The van der Waals surface area contributed by atoms with Gasteiger partial charge < -0.3 is 15.2 Å². The molecule has 1 heterocycles. The number of nitrogens with zero attached hydrogens (tertiary/aromatic N) is 2. The number of carbonyl (C=O) groups excluding carboxylic acids is 2. The summed E-state index contributed by atoms with van der Waals surface area (Å²) in [5, 5.41) is 10.1. The van der Waals surface area contributed by atoms with Crippen molar-refractivity contribution in [3.05, 3.63) is 11.7 Å². The normalized spacial score (nSPS) is 25.0. The molecule has 2 saturated carbocycles. The zero-order valence-corrected chi connectivity index (χ0v) is 15.1. The van der Waals surface area contributed by atoms with Gasteiger partial charge in [-0.1, -0.05) is 37.8 Å². The molecule has 0 radical (unpaired) electrons. The molecule has 3 rings (SSSR count). The molecular weight excluding hydrogens is 320 g/mol. The number of aromatic nitrogens is 2. The van der Waals surface area contributed by atoms with E-state index in [9.17, 15) is 9.59 Å². The van der Waals surface area contributed by atoms with Crippen molar-refractivity contribution < 1.29 is 14.1 Å². The van der Waals surface area contributed by atoms with Gasteiger partial charge in [-0.05, 0) is 25.2 Å². The monoisotopic (exact) mass is 348 g/mol. The van der Waals surface area contributed by atoms with Crippen LogP contribution in [0.2, 0.25) is 0 Å². The van der Waals surface area contributed by atoms with Crippen LogP contribution in [0.5, 0.6) is 0 Å². The average molecular weight is 348 g/mol. The molecule has 0 aliphatic heterocycles. The van der Waals surface area contributed by atoms with Crippen LogP contribution in [0.15, 0.2) is 4.52 Å². The maximum absolute atomic E-state index is 12.5. The lowest BCUT2D eigenvalue weighted by molar-refractivity contribution is -0.124. The summed E-state index contributed by atoms with van der Waals surface area (Å²) in [5.41, 5.74) is -0.541. The molecule has 1 aromatic rings. The van der Waals surface area contributed by atoms with Crippen molar-refractivity contribution in [3.8, 4) is 0 Å². The highest BCUT2D eigenvalue weighted by Gasteiger charge is 2.40. The summed E-state index contributed by atoms with van der Waals surface area (Å²) in [7, 11) is 0. The third kappa shape index (κ3) is 4.38. The molecule has 2 aliphatic rings. The van der Waals surface area contributed by atoms with Crippen molar-refractivity contribution in [1.82, 2.24) is 20.8 Å². The first-order valence-corrected chi connectivity index (χ1v) is 9.40. The minimum absolute atomic E-state index is 0.0678. The van der Waals surface area contributed by atoms with E-state index < -0.39 is 5.54 Å². The largest absolute Gasteiger partial charge is 0.355 e. The Morgan fingerprint density at radius 2 is 1.92 bits per heavy atom. The van der Waals surface area contributed by atoms with Gasteiger partial charge in [0.15, 0.2) is 5.82 Å². The van der Waals surface area contributed by atoms with Gasteiger partial charge in [-0.3, -0.25) is 9.59 Å². The molecule has 2 N–H and O–H groups in total. The maximum Gasteiger partial charge on any atom is 0.223 e. The molecule has 2 atom stereocenters. The number of carbonyl (C=O) groups is 2. The highest BCUT2D eigenvalue weighted by molar-refractivity contribution is 5.82. The zero-order valence-electron chi connectivity index (χ0n) is 15.1. The Bertz CT molecular complexity index is 620. The summed E-state index contributed by atoms with van der Waals surface area (Å²) >= 11 is 0. The van der Waals surface area contributed by atoms with Gasteiger partial charge in [-0.25, -0.2) is 0 Å². The molecule has 0 spiro atoms. The van der Waals surface area contributed by atoms with Gasteiger partial charge in [0.1, 0.15) is 5.54 Å². The molecular formula is C18H28N4O3. The van der Waals surface area contributed by atoms with Crippen LogP contribution >= 0.6 is 0 Å². The number of aryl methyl sites for hydroxylation is 1. The van der Waals surface area contributed by atoms with Gasteiger partial charge in [0.05, 0.1) is 0 Å². The van der Waals surface area contributed by atoms with Gasteiger partial charge >= 0.3 is 0 Å². The number of nitrogens with one attached hydrogen (secondary N) is 2. The minimum Gasteiger partial charge on any atom is -0.355 e. The van der Waals surface area contributed by atoms with Crippen LogP contribution in [0.1, 0.15) is 70.0 Å². The zero-order chi connectivity index (χ0) is 17.9. The van der Waals surface area contributed by atoms with E-state index in [0.717, 1.165) is 44.9 Å². The second-order valence-corrected chi connectivity index (χ2v) is 7.54. The Labute approximate surface area is 148 Å². The van der Waals surface area contributed by atoms with Crippen LogP contribution in [-0.2, 0) is 15.1 Å². The number of hydrogen-bond donors (Lipinski definition) is 2. The van der Waals surface area contributed by atoms with Gasteiger partial charge in [-0.15, -0.1) is 0 Å². The third-order valence-corrected chi connectivity index (χ3v) is 5.39. The summed E-state index contributed by atoms with van der Waals surface area (Å²) < 4.78 is 5.15. The fraction of sp³-hybridized carbons (Fsp3) is 0.778. The molecule has 25 heavy (non-hydrogen) atoms. The van der Waals surface area contributed by atoms with E-state index in [1.165, 1.54) is 0 Å². The molecule has 7 heteroatoms. The van der Waals surface area contributed by atoms with Gasteiger partial charge in [0.2, 0.25) is 17.7 Å². The highest BCUT2D eigenvalue weighted by atomic mass is 16.5. The van der Waals surface area contributed by atoms with Crippen LogP contribution < -0.4 is 10.6 Å².